The number of nitrogens with zero attached hydrogens (tertiary/aromatic N) is 2. The Hall–Kier alpha value is -3.92. The van der Waals surface area contributed by atoms with Crippen LogP contribution in [0.4, 0.5) is 10.1 Å². The number of anilines is 1. The second kappa shape index (κ2) is 13.9. The number of rotatable bonds is 13. The molecule has 2 amide bonds. The Morgan fingerprint density at radius 2 is 1.57 bits per heavy atom. The number of hydrogen-bond donors (Lipinski definition) is 1. The Morgan fingerprint density at radius 3 is 2.15 bits per heavy atom. The molecule has 1 N–H and O–H groups in total. The van der Waals surface area contributed by atoms with Crippen molar-refractivity contribution in [2.24, 2.45) is 0 Å². The summed E-state index contributed by atoms with van der Waals surface area (Å²) in [6.45, 7) is 7.52. The van der Waals surface area contributed by atoms with Crippen molar-refractivity contribution in [3.63, 3.8) is 0 Å². The molecule has 3 aromatic carbocycles. The molecule has 0 saturated carbocycles. The average molecular weight is 570 g/mol. The van der Waals surface area contributed by atoms with E-state index in [0.717, 1.165) is 9.87 Å². The van der Waals surface area contributed by atoms with E-state index < -0.39 is 34.3 Å². The maximum absolute atomic E-state index is 13.9. The molecule has 0 heterocycles. The smallest absolute Gasteiger partial charge is 0.264 e. The molecular formula is C30H36FN3O5S. The molecule has 10 heteroatoms. The van der Waals surface area contributed by atoms with Crippen LogP contribution < -0.4 is 14.4 Å². The normalized spacial score (nSPS) is 11.9. The van der Waals surface area contributed by atoms with Crippen molar-refractivity contribution in [1.29, 1.82) is 0 Å². The molecule has 40 heavy (non-hydrogen) atoms. The summed E-state index contributed by atoms with van der Waals surface area (Å²) in [4.78, 5) is 28.0. The van der Waals surface area contributed by atoms with Gasteiger partial charge < -0.3 is 15.0 Å². The number of aryl methyl sites for hydroxylation is 1. The number of nitrogens with one attached hydrogen (secondary N) is 1. The highest BCUT2D eigenvalue weighted by Gasteiger charge is 2.32. The van der Waals surface area contributed by atoms with Gasteiger partial charge in [0.2, 0.25) is 11.8 Å². The summed E-state index contributed by atoms with van der Waals surface area (Å²) in [5, 5.41) is 2.79. The molecule has 1 atom stereocenters. The summed E-state index contributed by atoms with van der Waals surface area (Å²) in [5.74, 6) is -0.855. The highest BCUT2D eigenvalue weighted by atomic mass is 32.2. The zero-order valence-corrected chi connectivity index (χ0v) is 24.1. The van der Waals surface area contributed by atoms with Gasteiger partial charge in [0.25, 0.3) is 10.0 Å². The molecule has 0 spiro atoms. The fourth-order valence-electron chi connectivity index (χ4n) is 4.01. The van der Waals surface area contributed by atoms with Gasteiger partial charge in [0.05, 0.1) is 17.2 Å². The molecule has 0 unspecified atom stereocenters. The van der Waals surface area contributed by atoms with Gasteiger partial charge in [-0.25, -0.2) is 12.8 Å². The first-order valence-electron chi connectivity index (χ1n) is 13.2. The predicted molar refractivity (Wildman–Crippen MR) is 153 cm³/mol. The van der Waals surface area contributed by atoms with Crippen LogP contribution >= 0.6 is 0 Å². The second-order valence-corrected chi connectivity index (χ2v) is 11.2. The third-order valence-corrected chi connectivity index (χ3v) is 8.09. The van der Waals surface area contributed by atoms with Gasteiger partial charge in [-0.1, -0.05) is 36.8 Å². The number of halogens is 1. The van der Waals surface area contributed by atoms with Crippen molar-refractivity contribution in [3.8, 4) is 5.75 Å². The summed E-state index contributed by atoms with van der Waals surface area (Å²) in [5.41, 5.74) is 1.83. The standard InChI is InChI=1S/C30H36FN3O5S/c1-5-19-32-30(36)23(4)33(20-24-9-11-25(31)12-10-24)29(35)21-34(26-13-7-22(3)8-14-26)40(37,38)28-17-15-27(16-18-28)39-6-2/h7-18,23H,5-6,19-21H2,1-4H3,(H,32,36)/t23-/m1/s1. The van der Waals surface area contributed by atoms with Crippen molar-refractivity contribution >= 4 is 27.5 Å². The molecule has 0 aliphatic carbocycles. The number of amides is 2. The fourth-order valence-corrected chi connectivity index (χ4v) is 5.42. The van der Waals surface area contributed by atoms with Gasteiger partial charge in [-0.05, 0) is 81.3 Å². The molecule has 0 radical (unpaired) electrons. The third kappa shape index (κ3) is 7.81. The minimum Gasteiger partial charge on any atom is -0.494 e. The Bertz CT molecular complexity index is 1380. The minimum absolute atomic E-state index is 0.00926. The second-order valence-electron chi connectivity index (χ2n) is 9.37. The van der Waals surface area contributed by atoms with Crippen LogP contribution in [0.3, 0.4) is 0 Å². The van der Waals surface area contributed by atoms with Crippen LogP contribution in [-0.2, 0) is 26.2 Å². The Labute approximate surface area is 235 Å². The van der Waals surface area contributed by atoms with Crippen LogP contribution in [0.1, 0.15) is 38.3 Å². The molecule has 3 rings (SSSR count). The Balaban J connectivity index is 2.00. The van der Waals surface area contributed by atoms with Gasteiger partial charge in [0, 0.05) is 13.1 Å². The SMILES string of the molecule is CCCNC(=O)[C@@H](C)N(Cc1ccc(F)cc1)C(=O)CN(c1ccc(C)cc1)S(=O)(=O)c1ccc(OCC)cc1. The topological polar surface area (TPSA) is 96.0 Å². The Morgan fingerprint density at radius 1 is 0.950 bits per heavy atom. The zero-order chi connectivity index (χ0) is 29.3. The van der Waals surface area contributed by atoms with Crippen LogP contribution in [0.25, 0.3) is 0 Å². The lowest BCUT2D eigenvalue weighted by Crippen LogP contribution is -2.51. The first kappa shape index (κ1) is 30.6. The molecule has 8 nitrogen and oxygen atoms in total. The van der Waals surface area contributed by atoms with E-state index in [1.807, 2.05) is 20.8 Å². The molecule has 0 aliphatic heterocycles. The first-order chi connectivity index (χ1) is 19.1. The number of hydrogen-bond acceptors (Lipinski definition) is 5. The number of carbonyl (C=O) groups is 2. The van der Waals surface area contributed by atoms with Crippen LogP contribution in [0.15, 0.2) is 77.7 Å². The lowest BCUT2D eigenvalue weighted by Gasteiger charge is -2.32. The largest absolute Gasteiger partial charge is 0.494 e. The van der Waals surface area contributed by atoms with Crippen LogP contribution in [0.5, 0.6) is 5.75 Å². The zero-order valence-electron chi connectivity index (χ0n) is 23.3. The molecule has 0 aliphatic rings. The van der Waals surface area contributed by atoms with E-state index in [0.29, 0.717) is 36.6 Å². The van der Waals surface area contributed by atoms with Gasteiger partial charge in [-0.2, -0.15) is 0 Å². The average Bonchev–Trinajstić information content (AvgIpc) is 2.94. The molecule has 3 aromatic rings. The van der Waals surface area contributed by atoms with E-state index in [-0.39, 0.29) is 17.3 Å². The van der Waals surface area contributed by atoms with E-state index in [1.165, 1.54) is 41.3 Å². The number of benzene rings is 3. The van der Waals surface area contributed by atoms with Crippen molar-refractivity contribution in [3.05, 3.63) is 89.7 Å². The van der Waals surface area contributed by atoms with Crippen molar-refractivity contribution in [1.82, 2.24) is 10.2 Å². The van der Waals surface area contributed by atoms with E-state index in [2.05, 4.69) is 5.32 Å². The number of sulfonamides is 1. The van der Waals surface area contributed by atoms with Gasteiger partial charge in [-0.3, -0.25) is 13.9 Å². The lowest BCUT2D eigenvalue weighted by atomic mass is 10.1. The molecule has 0 aromatic heterocycles. The summed E-state index contributed by atoms with van der Waals surface area (Å²) < 4.78 is 47.8. The van der Waals surface area contributed by atoms with Gasteiger partial charge >= 0.3 is 0 Å². The third-order valence-electron chi connectivity index (χ3n) is 6.31. The van der Waals surface area contributed by atoms with Crippen molar-refractivity contribution < 1.29 is 27.1 Å². The van der Waals surface area contributed by atoms with Crippen LogP contribution in [0.2, 0.25) is 0 Å². The van der Waals surface area contributed by atoms with E-state index in [4.69, 9.17) is 4.74 Å². The van der Waals surface area contributed by atoms with Crippen molar-refractivity contribution in [2.75, 3.05) is 24.0 Å². The van der Waals surface area contributed by atoms with Gasteiger partial charge in [-0.15, -0.1) is 0 Å². The summed E-state index contributed by atoms with van der Waals surface area (Å²) in [6, 6.07) is 17.5. The number of carbonyl (C=O) groups excluding carboxylic acids is 2. The van der Waals surface area contributed by atoms with E-state index >= 15 is 0 Å². The first-order valence-corrected chi connectivity index (χ1v) is 14.6. The molecular weight excluding hydrogens is 533 g/mol. The van der Waals surface area contributed by atoms with Crippen LogP contribution in [-0.4, -0.2) is 50.9 Å². The van der Waals surface area contributed by atoms with Crippen LogP contribution in [0, 0.1) is 12.7 Å². The Kier molecular flexibility index (Phi) is 10.7. The highest BCUT2D eigenvalue weighted by molar-refractivity contribution is 7.92. The van der Waals surface area contributed by atoms with Crippen molar-refractivity contribution in [2.45, 2.75) is 51.6 Å². The lowest BCUT2D eigenvalue weighted by molar-refractivity contribution is -0.139. The summed E-state index contributed by atoms with van der Waals surface area (Å²) in [7, 11) is -4.19. The highest BCUT2D eigenvalue weighted by Crippen LogP contribution is 2.26. The molecule has 0 bridgehead atoms. The molecule has 0 fully saturated rings. The quantitative estimate of drug-likeness (QED) is 0.323. The maximum Gasteiger partial charge on any atom is 0.264 e. The fraction of sp³-hybridized carbons (Fsp3) is 0.333. The maximum atomic E-state index is 13.9. The van der Waals surface area contributed by atoms with Gasteiger partial charge in [0.1, 0.15) is 24.2 Å². The van der Waals surface area contributed by atoms with E-state index in [1.54, 1.807) is 43.3 Å². The summed E-state index contributed by atoms with van der Waals surface area (Å²) >= 11 is 0. The molecule has 214 valence electrons. The number of ether oxygens (including phenoxy) is 1. The minimum atomic E-state index is -4.19. The molecule has 0 saturated heterocycles. The van der Waals surface area contributed by atoms with Gasteiger partial charge in [0.15, 0.2) is 0 Å². The summed E-state index contributed by atoms with van der Waals surface area (Å²) in [6.07, 6.45) is 0.714. The monoisotopic (exact) mass is 569 g/mol. The predicted octanol–water partition coefficient (Wildman–Crippen LogP) is 4.67. The van der Waals surface area contributed by atoms with E-state index in [9.17, 15) is 22.4 Å².